The van der Waals surface area contributed by atoms with Crippen molar-refractivity contribution < 1.29 is 9.53 Å². The van der Waals surface area contributed by atoms with Gasteiger partial charge >= 0.3 is 5.97 Å². The van der Waals surface area contributed by atoms with Gasteiger partial charge in [0.2, 0.25) is 0 Å². The molecule has 0 aliphatic heterocycles. The SMILES string of the molecule is COC(=O)CC/C=C(/C#C[Si](C)(C)C)c1ccccc1. The Bertz CT molecular complexity index is 528. The summed E-state index contributed by atoms with van der Waals surface area (Å²) >= 11 is 0. The van der Waals surface area contributed by atoms with Gasteiger partial charge in [0.25, 0.3) is 0 Å². The standard InChI is InChI=1S/C17H22O2Si/c1-19-17(18)12-8-11-16(13-14-20(2,3)4)15-9-6-5-7-10-15/h5-7,9-11H,8,12H2,1-4H3/b16-11-. The fourth-order valence-electron chi connectivity index (χ4n) is 1.55. The summed E-state index contributed by atoms with van der Waals surface area (Å²) in [4.78, 5) is 11.2. The van der Waals surface area contributed by atoms with Gasteiger partial charge in [0.05, 0.1) is 7.11 Å². The Balaban J connectivity index is 2.93. The van der Waals surface area contributed by atoms with Crippen molar-refractivity contribution in [3.8, 4) is 11.5 Å². The Morgan fingerprint density at radius 3 is 2.45 bits per heavy atom. The second-order valence-corrected chi connectivity index (χ2v) is 10.3. The number of hydrogen-bond donors (Lipinski definition) is 0. The van der Waals surface area contributed by atoms with Gasteiger partial charge in [-0.1, -0.05) is 62.0 Å². The highest BCUT2D eigenvalue weighted by atomic mass is 28.3. The van der Waals surface area contributed by atoms with Crippen LogP contribution in [0.15, 0.2) is 36.4 Å². The van der Waals surface area contributed by atoms with Crippen molar-refractivity contribution in [1.82, 2.24) is 0 Å². The number of allylic oxidation sites excluding steroid dienone is 2. The molecule has 1 aromatic rings. The van der Waals surface area contributed by atoms with Crippen LogP contribution < -0.4 is 0 Å². The molecule has 106 valence electrons. The van der Waals surface area contributed by atoms with Gasteiger partial charge in [-0.05, 0) is 12.0 Å². The van der Waals surface area contributed by atoms with Gasteiger partial charge in [-0.15, -0.1) is 5.54 Å². The van der Waals surface area contributed by atoms with Crippen LogP contribution in [-0.2, 0) is 9.53 Å². The molecule has 0 saturated heterocycles. The van der Waals surface area contributed by atoms with E-state index in [1.165, 1.54) is 7.11 Å². The lowest BCUT2D eigenvalue weighted by Crippen LogP contribution is -2.16. The van der Waals surface area contributed by atoms with Crippen molar-refractivity contribution in [2.45, 2.75) is 32.5 Å². The van der Waals surface area contributed by atoms with Crippen molar-refractivity contribution in [3.05, 3.63) is 42.0 Å². The lowest BCUT2D eigenvalue weighted by molar-refractivity contribution is -0.140. The largest absolute Gasteiger partial charge is 0.469 e. The molecule has 1 rings (SSSR count). The van der Waals surface area contributed by atoms with Gasteiger partial charge in [0.15, 0.2) is 0 Å². The van der Waals surface area contributed by atoms with E-state index in [1.54, 1.807) is 0 Å². The summed E-state index contributed by atoms with van der Waals surface area (Å²) in [5.74, 6) is 3.10. The number of carbonyl (C=O) groups excluding carboxylic acids is 1. The summed E-state index contributed by atoms with van der Waals surface area (Å²) in [6.07, 6.45) is 3.07. The van der Waals surface area contributed by atoms with Gasteiger partial charge in [0, 0.05) is 12.0 Å². The molecule has 0 aliphatic rings. The second-order valence-electron chi connectivity index (χ2n) is 5.60. The smallest absolute Gasteiger partial charge is 0.305 e. The third kappa shape index (κ3) is 6.40. The molecule has 0 spiro atoms. The Labute approximate surface area is 122 Å². The van der Waals surface area contributed by atoms with Gasteiger partial charge in [-0.2, -0.15) is 0 Å². The van der Waals surface area contributed by atoms with Crippen LogP contribution in [0.1, 0.15) is 18.4 Å². The molecule has 0 aliphatic carbocycles. The minimum absolute atomic E-state index is 0.188. The minimum atomic E-state index is -1.41. The predicted octanol–water partition coefficient (Wildman–Crippen LogP) is 3.90. The molecule has 0 saturated carbocycles. The molecule has 0 atom stereocenters. The zero-order valence-electron chi connectivity index (χ0n) is 12.7. The van der Waals surface area contributed by atoms with E-state index in [4.69, 9.17) is 0 Å². The van der Waals surface area contributed by atoms with Gasteiger partial charge in [-0.25, -0.2) is 0 Å². The maximum Gasteiger partial charge on any atom is 0.305 e. The molecule has 0 N–H and O–H groups in total. The van der Waals surface area contributed by atoms with Crippen LogP contribution in [-0.4, -0.2) is 21.2 Å². The molecular formula is C17H22O2Si. The van der Waals surface area contributed by atoms with Crippen molar-refractivity contribution >= 4 is 19.6 Å². The molecule has 0 bridgehead atoms. The van der Waals surface area contributed by atoms with Gasteiger partial charge in [-0.3, -0.25) is 4.79 Å². The molecule has 0 amide bonds. The maximum atomic E-state index is 11.2. The molecule has 2 nitrogen and oxygen atoms in total. The first kappa shape index (κ1) is 16.3. The van der Waals surface area contributed by atoms with Crippen LogP contribution >= 0.6 is 0 Å². The highest BCUT2D eigenvalue weighted by Gasteiger charge is 2.08. The lowest BCUT2D eigenvalue weighted by Gasteiger charge is -2.05. The summed E-state index contributed by atoms with van der Waals surface area (Å²) in [5, 5.41) is 0. The number of benzene rings is 1. The van der Waals surface area contributed by atoms with Gasteiger partial charge in [0.1, 0.15) is 8.07 Å². The highest BCUT2D eigenvalue weighted by Crippen LogP contribution is 2.15. The number of ether oxygens (including phenoxy) is 1. The summed E-state index contributed by atoms with van der Waals surface area (Å²) in [7, 11) is -0.00250. The summed E-state index contributed by atoms with van der Waals surface area (Å²) in [5.41, 5.74) is 5.47. The molecule has 20 heavy (non-hydrogen) atoms. The first-order valence-electron chi connectivity index (χ1n) is 6.78. The maximum absolute atomic E-state index is 11.2. The van der Waals surface area contributed by atoms with Crippen LogP contribution in [0.4, 0.5) is 0 Å². The van der Waals surface area contributed by atoms with Crippen molar-refractivity contribution in [2.75, 3.05) is 7.11 Å². The van der Waals surface area contributed by atoms with Crippen molar-refractivity contribution in [1.29, 1.82) is 0 Å². The number of carbonyl (C=O) groups is 1. The van der Waals surface area contributed by atoms with E-state index in [0.29, 0.717) is 12.8 Å². The Kier molecular flexibility index (Phi) is 6.27. The van der Waals surface area contributed by atoms with E-state index in [9.17, 15) is 4.79 Å². The monoisotopic (exact) mass is 286 g/mol. The van der Waals surface area contributed by atoms with Crippen LogP contribution in [0.2, 0.25) is 19.6 Å². The predicted molar refractivity (Wildman–Crippen MR) is 86.8 cm³/mol. The second kappa shape index (κ2) is 7.71. The van der Waals surface area contributed by atoms with Crippen LogP contribution in [0.3, 0.4) is 0 Å². The van der Waals surface area contributed by atoms with Crippen LogP contribution in [0.5, 0.6) is 0 Å². The third-order valence-electron chi connectivity index (χ3n) is 2.58. The van der Waals surface area contributed by atoms with Crippen molar-refractivity contribution in [3.63, 3.8) is 0 Å². The fourth-order valence-corrected chi connectivity index (χ4v) is 2.06. The van der Waals surface area contributed by atoms with Gasteiger partial charge < -0.3 is 4.74 Å². The summed E-state index contributed by atoms with van der Waals surface area (Å²) in [6.45, 7) is 6.66. The Hall–Kier alpha value is -1.79. The fraction of sp³-hybridized carbons (Fsp3) is 0.353. The van der Waals surface area contributed by atoms with E-state index in [0.717, 1.165) is 11.1 Å². The highest BCUT2D eigenvalue weighted by molar-refractivity contribution is 6.84. The lowest BCUT2D eigenvalue weighted by atomic mass is 10.1. The van der Waals surface area contributed by atoms with Crippen LogP contribution in [0, 0.1) is 11.5 Å². The zero-order chi connectivity index (χ0) is 15.0. The topological polar surface area (TPSA) is 26.3 Å². The molecule has 0 fully saturated rings. The molecule has 0 aromatic heterocycles. The summed E-state index contributed by atoms with van der Waals surface area (Å²) < 4.78 is 4.65. The quantitative estimate of drug-likeness (QED) is 0.476. The molecule has 1 aromatic carbocycles. The zero-order valence-corrected chi connectivity index (χ0v) is 13.7. The normalized spacial score (nSPS) is 11.5. The van der Waals surface area contributed by atoms with Crippen LogP contribution in [0.25, 0.3) is 5.57 Å². The molecule has 3 heteroatoms. The van der Waals surface area contributed by atoms with E-state index < -0.39 is 8.07 Å². The first-order valence-corrected chi connectivity index (χ1v) is 10.3. The third-order valence-corrected chi connectivity index (χ3v) is 3.46. The average Bonchev–Trinajstić information content (AvgIpc) is 2.42. The van der Waals surface area contributed by atoms with E-state index in [-0.39, 0.29) is 5.97 Å². The number of methoxy groups -OCH3 is 1. The minimum Gasteiger partial charge on any atom is -0.469 e. The molecule has 0 unspecified atom stereocenters. The molecule has 0 heterocycles. The Morgan fingerprint density at radius 1 is 1.25 bits per heavy atom. The number of hydrogen-bond acceptors (Lipinski definition) is 2. The molecule has 0 radical (unpaired) electrons. The van der Waals surface area contributed by atoms with Crippen molar-refractivity contribution in [2.24, 2.45) is 0 Å². The van der Waals surface area contributed by atoms with E-state index >= 15 is 0 Å². The average molecular weight is 286 g/mol. The Morgan fingerprint density at radius 2 is 1.90 bits per heavy atom. The summed E-state index contributed by atoms with van der Waals surface area (Å²) in [6, 6.07) is 10.1. The first-order chi connectivity index (χ1) is 9.42. The number of esters is 1. The number of rotatable bonds is 4. The van der Waals surface area contributed by atoms with E-state index in [1.807, 2.05) is 36.4 Å². The molecular weight excluding hydrogens is 264 g/mol. The van der Waals surface area contributed by atoms with E-state index in [2.05, 4.69) is 35.8 Å².